The molecule has 1 saturated carbocycles. The first-order chi connectivity index (χ1) is 16.2. The number of imide groups is 1. The Bertz CT molecular complexity index is 1040. The summed E-state index contributed by atoms with van der Waals surface area (Å²) in [5, 5.41) is 10.8. The van der Waals surface area contributed by atoms with Crippen LogP contribution in [0.3, 0.4) is 0 Å². The third-order valence-corrected chi connectivity index (χ3v) is 6.88. The lowest BCUT2D eigenvalue weighted by Gasteiger charge is -2.18. The Morgan fingerprint density at radius 1 is 1.09 bits per heavy atom. The van der Waals surface area contributed by atoms with Crippen molar-refractivity contribution >= 4 is 41.8 Å². The molecule has 2 aliphatic carbocycles. The van der Waals surface area contributed by atoms with Gasteiger partial charge in [-0.15, -0.1) is 24.0 Å². The van der Waals surface area contributed by atoms with Crippen molar-refractivity contribution in [1.29, 1.82) is 0 Å². The molecule has 8 nitrogen and oxygen atoms in total. The van der Waals surface area contributed by atoms with E-state index in [4.69, 9.17) is 0 Å². The Balaban J connectivity index is 0.00000274. The van der Waals surface area contributed by atoms with Crippen molar-refractivity contribution < 1.29 is 9.59 Å². The van der Waals surface area contributed by atoms with Gasteiger partial charge in [-0.3, -0.25) is 14.5 Å². The number of carbonyl (C=O) groups is 2. The predicted molar refractivity (Wildman–Crippen MR) is 141 cm³/mol. The van der Waals surface area contributed by atoms with Crippen LogP contribution in [0.5, 0.6) is 0 Å². The molecular weight excluding hydrogens is 543 g/mol. The van der Waals surface area contributed by atoms with Gasteiger partial charge in [-0.1, -0.05) is 24.3 Å². The van der Waals surface area contributed by atoms with Crippen molar-refractivity contribution in [3.05, 3.63) is 60.4 Å². The minimum atomic E-state index is -0.112. The molecule has 1 saturated heterocycles. The standard InChI is InChI=1S/C25H30N6O2.HI/c1-2-26-25(28-16-17-5-9-20(10-6-17)31-14-4-12-29-31)27-11-3-13-30-23(32)21-18-7-8-19(15-18)22(21)24(30)33;/h4-10,12,14,18-19,21-22H,2-3,11,13,15-16H2,1H3,(H2,26,27,28);1H. The molecule has 2 heterocycles. The zero-order chi connectivity index (χ0) is 22.8. The highest BCUT2D eigenvalue weighted by molar-refractivity contribution is 14.0. The molecule has 2 aromatic rings. The molecule has 5 rings (SSSR count). The minimum absolute atomic E-state index is 0. The van der Waals surface area contributed by atoms with E-state index in [1.54, 1.807) is 6.20 Å². The Hall–Kier alpha value is -2.69. The molecule has 1 aromatic carbocycles. The van der Waals surface area contributed by atoms with E-state index in [-0.39, 0.29) is 59.5 Å². The molecular formula is C25H31IN6O2. The normalized spacial score (nSPS) is 25.0. The van der Waals surface area contributed by atoms with Gasteiger partial charge >= 0.3 is 0 Å². The highest BCUT2D eigenvalue weighted by Crippen LogP contribution is 2.52. The van der Waals surface area contributed by atoms with Crippen molar-refractivity contribution in [2.24, 2.45) is 28.7 Å². The molecule has 4 atom stereocenters. The summed E-state index contributed by atoms with van der Waals surface area (Å²) >= 11 is 0. The van der Waals surface area contributed by atoms with Gasteiger partial charge < -0.3 is 10.6 Å². The van der Waals surface area contributed by atoms with E-state index in [1.807, 2.05) is 48.1 Å². The number of hydrogen-bond donors (Lipinski definition) is 2. The second-order valence-electron chi connectivity index (χ2n) is 8.92. The molecule has 9 heteroatoms. The van der Waals surface area contributed by atoms with Crippen molar-refractivity contribution in [1.82, 2.24) is 25.3 Å². The van der Waals surface area contributed by atoms with Crippen molar-refractivity contribution in [2.45, 2.75) is 26.3 Å². The lowest BCUT2D eigenvalue weighted by Crippen LogP contribution is -2.40. The number of allylic oxidation sites excluding steroid dienone is 2. The van der Waals surface area contributed by atoms with E-state index in [9.17, 15) is 9.59 Å². The number of halogens is 1. The lowest BCUT2D eigenvalue weighted by molar-refractivity contribution is -0.140. The Morgan fingerprint density at radius 2 is 1.79 bits per heavy atom. The van der Waals surface area contributed by atoms with Crippen LogP contribution < -0.4 is 10.6 Å². The summed E-state index contributed by atoms with van der Waals surface area (Å²) in [5.41, 5.74) is 2.11. The van der Waals surface area contributed by atoms with Gasteiger partial charge in [0.15, 0.2) is 5.96 Å². The smallest absolute Gasteiger partial charge is 0.233 e. The van der Waals surface area contributed by atoms with Gasteiger partial charge in [0.05, 0.1) is 24.1 Å². The number of aliphatic imine (C=N–C) groups is 1. The number of carbonyl (C=O) groups excluding carboxylic acids is 2. The third-order valence-electron chi connectivity index (χ3n) is 6.88. The average molecular weight is 574 g/mol. The summed E-state index contributed by atoms with van der Waals surface area (Å²) in [6.45, 7) is 4.44. The van der Waals surface area contributed by atoms with Crippen molar-refractivity contribution in [2.75, 3.05) is 19.6 Å². The van der Waals surface area contributed by atoms with Crippen LogP contribution in [0.25, 0.3) is 5.69 Å². The molecule has 2 bridgehead atoms. The Kier molecular flexibility index (Phi) is 7.70. The van der Waals surface area contributed by atoms with Crippen LogP contribution in [-0.4, -0.2) is 52.1 Å². The SMILES string of the molecule is CCNC(=NCc1ccc(-n2cccn2)cc1)NCCCN1C(=O)C2C3C=CC(C3)C2C1=O.I. The number of likely N-dealkylation sites (tertiary alicyclic amines) is 1. The summed E-state index contributed by atoms with van der Waals surface area (Å²) in [6, 6.07) is 10.1. The maximum atomic E-state index is 12.8. The maximum absolute atomic E-state index is 12.8. The first kappa shape index (κ1) is 24.4. The fourth-order valence-electron chi connectivity index (χ4n) is 5.32. The molecule has 1 aromatic heterocycles. The molecule has 4 unspecified atom stereocenters. The Labute approximate surface area is 216 Å². The van der Waals surface area contributed by atoms with E-state index in [2.05, 4.69) is 32.9 Å². The summed E-state index contributed by atoms with van der Waals surface area (Å²) in [5.74, 6) is 1.09. The molecule has 0 radical (unpaired) electrons. The zero-order valence-corrected chi connectivity index (χ0v) is 21.6. The largest absolute Gasteiger partial charge is 0.357 e. The quantitative estimate of drug-likeness (QED) is 0.126. The third kappa shape index (κ3) is 4.75. The van der Waals surface area contributed by atoms with Crippen LogP contribution in [0.2, 0.25) is 0 Å². The highest BCUT2D eigenvalue weighted by Gasteiger charge is 2.58. The van der Waals surface area contributed by atoms with E-state index in [1.165, 1.54) is 4.90 Å². The number of hydrogen-bond acceptors (Lipinski definition) is 4. The van der Waals surface area contributed by atoms with Crippen LogP contribution in [0.4, 0.5) is 0 Å². The van der Waals surface area contributed by atoms with Crippen molar-refractivity contribution in [3.8, 4) is 5.69 Å². The highest BCUT2D eigenvalue weighted by atomic mass is 127. The first-order valence-corrected chi connectivity index (χ1v) is 11.8. The first-order valence-electron chi connectivity index (χ1n) is 11.8. The van der Waals surface area contributed by atoms with Gasteiger partial charge in [-0.05, 0) is 55.4 Å². The van der Waals surface area contributed by atoms with Crippen LogP contribution in [0, 0.1) is 23.7 Å². The van der Waals surface area contributed by atoms with Gasteiger partial charge in [-0.25, -0.2) is 9.67 Å². The molecule has 2 amide bonds. The second-order valence-corrected chi connectivity index (χ2v) is 8.92. The van der Waals surface area contributed by atoms with Crippen LogP contribution in [0.15, 0.2) is 59.9 Å². The monoisotopic (exact) mass is 574 g/mol. The number of fused-ring (bicyclic) bond motifs is 5. The number of benzene rings is 1. The van der Waals surface area contributed by atoms with Gasteiger partial charge in [0.1, 0.15) is 0 Å². The number of aromatic nitrogens is 2. The Morgan fingerprint density at radius 3 is 2.41 bits per heavy atom. The number of amides is 2. The summed E-state index contributed by atoms with van der Waals surface area (Å²) in [7, 11) is 0. The van der Waals surface area contributed by atoms with Crippen LogP contribution in [-0.2, 0) is 16.1 Å². The van der Waals surface area contributed by atoms with Gasteiger partial charge in [0.25, 0.3) is 0 Å². The molecule has 2 fully saturated rings. The molecule has 1 aliphatic heterocycles. The molecule has 2 N–H and O–H groups in total. The van der Waals surface area contributed by atoms with Gasteiger partial charge in [0, 0.05) is 32.0 Å². The van der Waals surface area contributed by atoms with Crippen LogP contribution in [0.1, 0.15) is 25.3 Å². The maximum Gasteiger partial charge on any atom is 0.233 e. The van der Waals surface area contributed by atoms with Crippen molar-refractivity contribution in [3.63, 3.8) is 0 Å². The summed E-state index contributed by atoms with van der Waals surface area (Å²) < 4.78 is 1.82. The number of guanidine groups is 1. The van der Waals surface area contributed by atoms with E-state index in [0.29, 0.717) is 26.1 Å². The zero-order valence-electron chi connectivity index (χ0n) is 19.3. The molecule has 0 spiro atoms. The number of nitrogens with zero attached hydrogens (tertiary/aromatic N) is 4. The minimum Gasteiger partial charge on any atom is -0.357 e. The molecule has 3 aliphatic rings. The van der Waals surface area contributed by atoms with E-state index in [0.717, 1.165) is 30.2 Å². The van der Waals surface area contributed by atoms with Crippen LogP contribution >= 0.6 is 24.0 Å². The van der Waals surface area contributed by atoms with Gasteiger partial charge in [0.2, 0.25) is 11.8 Å². The lowest BCUT2D eigenvalue weighted by atomic mass is 9.85. The topological polar surface area (TPSA) is 91.6 Å². The summed E-state index contributed by atoms with van der Waals surface area (Å²) in [4.78, 5) is 31.7. The fraction of sp³-hybridized carbons (Fsp3) is 0.440. The number of rotatable bonds is 8. The van der Waals surface area contributed by atoms with Gasteiger partial charge in [-0.2, -0.15) is 5.10 Å². The predicted octanol–water partition coefficient (Wildman–Crippen LogP) is 2.74. The molecule has 180 valence electrons. The average Bonchev–Trinajstić information content (AvgIpc) is 3.62. The number of nitrogens with one attached hydrogen (secondary N) is 2. The van der Waals surface area contributed by atoms with E-state index >= 15 is 0 Å². The fourth-order valence-corrected chi connectivity index (χ4v) is 5.32. The second kappa shape index (κ2) is 10.7. The summed E-state index contributed by atoms with van der Waals surface area (Å²) in [6.07, 6.45) is 9.60. The molecule has 34 heavy (non-hydrogen) atoms. The van der Waals surface area contributed by atoms with E-state index < -0.39 is 0 Å².